The minimum Gasteiger partial charge on any atom is -0.379 e. The molecule has 0 bridgehead atoms. The van der Waals surface area contributed by atoms with Crippen molar-refractivity contribution < 1.29 is 14.2 Å². The summed E-state index contributed by atoms with van der Waals surface area (Å²) in [7, 11) is 0. The number of nitrogens with one attached hydrogen (secondary N) is 1. The highest BCUT2D eigenvalue weighted by molar-refractivity contribution is 4.97. The lowest BCUT2D eigenvalue weighted by atomic mass is 9.85. The molecule has 1 N–H and O–H groups in total. The Hall–Kier alpha value is -0.160. The Morgan fingerprint density at radius 2 is 2.24 bits per heavy atom. The van der Waals surface area contributed by atoms with Crippen molar-refractivity contribution in [3.8, 4) is 0 Å². The van der Waals surface area contributed by atoms with Crippen LogP contribution in [0.15, 0.2) is 0 Å². The highest BCUT2D eigenvalue weighted by Crippen LogP contribution is 2.29. The molecule has 1 aliphatic carbocycles. The SMILES string of the molecule is CCCNC1CC(OC2CCOC2)C1OCC. The molecule has 2 fully saturated rings. The first-order valence-electron chi connectivity index (χ1n) is 6.93. The van der Waals surface area contributed by atoms with Gasteiger partial charge in [-0.15, -0.1) is 0 Å². The first-order valence-corrected chi connectivity index (χ1v) is 6.93. The molecule has 4 unspecified atom stereocenters. The van der Waals surface area contributed by atoms with Gasteiger partial charge in [-0.3, -0.25) is 0 Å². The van der Waals surface area contributed by atoms with Gasteiger partial charge in [0.1, 0.15) is 0 Å². The van der Waals surface area contributed by atoms with Gasteiger partial charge in [-0.1, -0.05) is 6.92 Å². The third-order valence-corrected chi connectivity index (χ3v) is 3.52. The second-order valence-electron chi connectivity index (χ2n) is 4.88. The lowest BCUT2D eigenvalue weighted by Crippen LogP contribution is -2.61. The zero-order valence-electron chi connectivity index (χ0n) is 11.0. The molecule has 0 aromatic carbocycles. The number of hydrogen-bond acceptors (Lipinski definition) is 4. The summed E-state index contributed by atoms with van der Waals surface area (Å²) >= 11 is 0. The smallest absolute Gasteiger partial charge is 0.0990 e. The van der Waals surface area contributed by atoms with E-state index in [9.17, 15) is 0 Å². The molecule has 1 saturated carbocycles. The Morgan fingerprint density at radius 3 is 2.88 bits per heavy atom. The van der Waals surface area contributed by atoms with E-state index >= 15 is 0 Å². The van der Waals surface area contributed by atoms with Crippen molar-refractivity contribution in [3.05, 3.63) is 0 Å². The van der Waals surface area contributed by atoms with Crippen molar-refractivity contribution in [3.63, 3.8) is 0 Å². The molecule has 0 aromatic heterocycles. The molecule has 17 heavy (non-hydrogen) atoms. The summed E-state index contributed by atoms with van der Waals surface area (Å²) in [6.07, 6.45) is 4.04. The van der Waals surface area contributed by atoms with E-state index in [1.54, 1.807) is 0 Å². The minimum atomic E-state index is 0.229. The van der Waals surface area contributed by atoms with Gasteiger partial charge in [0, 0.05) is 19.3 Å². The van der Waals surface area contributed by atoms with Crippen molar-refractivity contribution in [1.29, 1.82) is 0 Å². The van der Waals surface area contributed by atoms with Crippen molar-refractivity contribution in [2.75, 3.05) is 26.4 Å². The van der Waals surface area contributed by atoms with Crippen molar-refractivity contribution in [2.24, 2.45) is 0 Å². The van der Waals surface area contributed by atoms with E-state index in [0.29, 0.717) is 6.04 Å². The summed E-state index contributed by atoms with van der Waals surface area (Å²) in [5.74, 6) is 0. The Kier molecular flexibility index (Phi) is 5.22. The summed E-state index contributed by atoms with van der Waals surface area (Å²) in [6, 6.07) is 0.474. The number of hydrogen-bond donors (Lipinski definition) is 1. The third-order valence-electron chi connectivity index (χ3n) is 3.52. The molecule has 0 spiro atoms. The van der Waals surface area contributed by atoms with Crippen LogP contribution in [0.2, 0.25) is 0 Å². The largest absolute Gasteiger partial charge is 0.379 e. The Labute approximate surface area is 104 Å². The van der Waals surface area contributed by atoms with Crippen molar-refractivity contribution in [2.45, 2.75) is 57.5 Å². The maximum Gasteiger partial charge on any atom is 0.0990 e. The van der Waals surface area contributed by atoms with Crippen molar-refractivity contribution >= 4 is 0 Å². The topological polar surface area (TPSA) is 39.7 Å². The van der Waals surface area contributed by atoms with Gasteiger partial charge < -0.3 is 19.5 Å². The average Bonchev–Trinajstić information content (AvgIpc) is 2.82. The zero-order valence-corrected chi connectivity index (χ0v) is 11.0. The first-order chi connectivity index (χ1) is 8.35. The van der Waals surface area contributed by atoms with Gasteiger partial charge in [-0.2, -0.15) is 0 Å². The summed E-state index contributed by atoms with van der Waals surface area (Å²) in [6.45, 7) is 7.65. The van der Waals surface area contributed by atoms with E-state index in [-0.39, 0.29) is 18.3 Å². The van der Waals surface area contributed by atoms with Gasteiger partial charge in [0.15, 0.2) is 0 Å². The Bertz CT molecular complexity index is 219. The van der Waals surface area contributed by atoms with Crippen LogP contribution in [-0.2, 0) is 14.2 Å². The van der Waals surface area contributed by atoms with E-state index < -0.39 is 0 Å². The Morgan fingerprint density at radius 1 is 1.35 bits per heavy atom. The second-order valence-corrected chi connectivity index (χ2v) is 4.88. The van der Waals surface area contributed by atoms with E-state index in [1.807, 2.05) is 6.92 Å². The fourth-order valence-corrected chi connectivity index (χ4v) is 2.53. The average molecular weight is 243 g/mol. The van der Waals surface area contributed by atoms with Crippen LogP contribution < -0.4 is 5.32 Å². The van der Waals surface area contributed by atoms with Gasteiger partial charge in [0.25, 0.3) is 0 Å². The molecule has 4 nitrogen and oxygen atoms in total. The molecular weight excluding hydrogens is 218 g/mol. The fourth-order valence-electron chi connectivity index (χ4n) is 2.53. The molecule has 4 heteroatoms. The molecule has 0 radical (unpaired) electrons. The van der Waals surface area contributed by atoms with Crippen LogP contribution in [0.5, 0.6) is 0 Å². The molecule has 4 atom stereocenters. The van der Waals surface area contributed by atoms with Crippen molar-refractivity contribution in [1.82, 2.24) is 5.32 Å². The molecule has 0 aromatic rings. The highest BCUT2D eigenvalue weighted by atomic mass is 16.6. The normalized spacial score (nSPS) is 37.1. The maximum absolute atomic E-state index is 6.03. The quantitative estimate of drug-likeness (QED) is 0.732. The van der Waals surface area contributed by atoms with E-state index in [0.717, 1.165) is 45.6 Å². The second kappa shape index (κ2) is 6.69. The molecule has 1 saturated heterocycles. The van der Waals surface area contributed by atoms with Crippen LogP contribution in [-0.4, -0.2) is 50.7 Å². The van der Waals surface area contributed by atoms with Gasteiger partial charge in [0.2, 0.25) is 0 Å². The monoisotopic (exact) mass is 243 g/mol. The van der Waals surface area contributed by atoms with Crippen LogP contribution in [0, 0.1) is 0 Å². The van der Waals surface area contributed by atoms with E-state index in [4.69, 9.17) is 14.2 Å². The molecule has 100 valence electrons. The van der Waals surface area contributed by atoms with Crippen LogP contribution in [0.1, 0.15) is 33.1 Å². The van der Waals surface area contributed by atoms with Crippen LogP contribution in [0.4, 0.5) is 0 Å². The van der Waals surface area contributed by atoms with Crippen LogP contribution >= 0.6 is 0 Å². The molecule has 1 heterocycles. The standard InChI is InChI=1S/C13H25NO3/c1-3-6-14-11-8-12(13(11)16-4-2)17-10-5-7-15-9-10/h10-14H,3-9H2,1-2H3. The summed E-state index contributed by atoms with van der Waals surface area (Å²) in [5, 5.41) is 3.52. The number of rotatable bonds is 7. The summed E-state index contributed by atoms with van der Waals surface area (Å²) < 4.78 is 17.1. The summed E-state index contributed by atoms with van der Waals surface area (Å²) in [4.78, 5) is 0. The van der Waals surface area contributed by atoms with Gasteiger partial charge >= 0.3 is 0 Å². The zero-order chi connectivity index (χ0) is 12.1. The molecule has 0 amide bonds. The maximum atomic E-state index is 6.03. The van der Waals surface area contributed by atoms with E-state index in [2.05, 4.69) is 12.2 Å². The Balaban J connectivity index is 1.74. The molecule has 2 aliphatic rings. The third kappa shape index (κ3) is 3.41. The summed E-state index contributed by atoms with van der Waals surface area (Å²) in [5.41, 5.74) is 0. The first kappa shape index (κ1) is 13.3. The lowest BCUT2D eigenvalue weighted by molar-refractivity contribution is -0.165. The van der Waals surface area contributed by atoms with Gasteiger partial charge in [-0.25, -0.2) is 0 Å². The highest BCUT2D eigenvalue weighted by Gasteiger charge is 2.43. The van der Waals surface area contributed by atoms with Gasteiger partial charge in [-0.05, 0) is 32.7 Å². The minimum absolute atomic E-state index is 0.229. The van der Waals surface area contributed by atoms with Crippen LogP contribution in [0.3, 0.4) is 0 Å². The fraction of sp³-hybridized carbons (Fsp3) is 1.00. The van der Waals surface area contributed by atoms with E-state index in [1.165, 1.54) is 0 Å². The predicted molar refractivity (Wildman–Crippen MR) is 66.2 cm³/mol. The number of ether oxygens (including phenoxy) is 3. The molecule has 1 aliphatic heterocycles. The van der Waals surface area contributed by atoms with Gasteiger partial charge in [0.05, 0.1) is 24.9 Å². The predicted octanol–water partition coefficient (Wildman–Crippen LogP) is 1.34. The molecular formula is C13H25NO3. The lowest BCUT2D eigenvalue weighted by Gasteiger charge is -2.45. The molecule has 2 rings (SSSR count). The van der Waals surface area contributed by atoms with Crippen LogP contribution in [0.25, 0.3) is 0 Å².